The van der Waals surface area contributed by atoms with Crippen molar-refractivity contribution < 1.29 is 5.11 Å². The number of benzene rings is 2. The molecule has 3 aliphatic rings. The normalized spacial score (nSPS) is 24.8. The Bertz CT molecular complexity index is 1090. The smallest absolute Gasteiger partial charge is 0.0728 e. The molecule has 3 unspecified atom stereocenters. The van der Waals surface area contributed by atoms with E-state index in [1.54, 1.807) is 0 Å². The summed E-state index contributed by atoms with van der Waals surface area (Å²) in [7, 11) is 2.19. The fourth-order valence-electron chi connectivity index (χ4n) is 5.74. The van der Waals surface area contributed by atoms with Crippen LogP contribution in [-0.2, 0) is 6.42 Å². The largest absolute Gasteiger partial charge is 0.389 e. The van der Waals surface area contributed by atoms with E-state index in [1.807, 2.05) is 12.3 Å². The van der Waals surface area contributed by atoms with Gasteiger partial charge in [0, 0.05) is 24.0 Å². The highest BCUT2D eigenvalue weighted by Crippen LogP contribution is 2.51. The number of aromatic nitrogens is 1. The fraction of sp³-hybridized carbons (Fsp3) is 0.414. The van der Waals surface area contributed by atoms with Crippen molar-refractivity contribution in [3.05, 3.63) is 84.1 Å². The zero-order valence-electron chi connectivity index (χ0n) is 19.1. The van der Waals surface area contributed by atoms with Crippen molar-refractivity contribution in [3.63, 3.8) is 0 Å². The molecule has 1 aromatic heterocycles. The van der Waals surface area contributed by atoms with Crippen LogP contribution in [0.3, 0.4) is 0 Å². The van der Waals surface area contributed by atoms with Crippen LogP contribution in [0.5, 0.6) is 0 Å². The molecule has 1 fully saturated rings. The lowest BCUT2D eigenvalue weighted by molar-refractivity contribution is -0.0574. The molecule has 3 aromatic rings. The minimum Gasteiger partial charge on any atom is -0.389 e. The first-order valence-electron chi connectivity index (χ1n) is 12.1. The van der Waals surface area contributed by atoms with Gasteiger partial charge in [-0.3, -0.25) is 4.98 Å². The fourth-order valence-corrected chi connectivity index (χ4v) is 5.74. The Morgan fingerprint density at radius 1 is 1.03 bits per heavy atom. The third-order valence-corrected chi connectivity index (χ3v) is 7.62. The van der Waals surface area contributed by atoms with Crippen LogP contribution in [0, 0.1) is 11.8 Å². The first kappa shape index (κ1) is 21.4. The number of aryl methyl sites for hydroxylation is 1. The zero-order chi connectivity index (χ0) is 22.0. The maximum Gasteiger partial charge on any atom is 0.0728 e. The molecule has 3 nitrogen and oxygen atoms in total. The summed E-state index contributed by atoms with van der Waals surface area (Å²) in [6, 6.07) is 21.3. The number of nitrogens with zero attached hydrogens (tertiary/aromatic N) is 2. The molecule has 1 saturated carbocycles. The lowest BCUT2D eigenvalue weighted by Crippen LogP contribution is -2.48. The van der Waals surface area contributed by atoms with Crippen molar-refractivity contribution in [1.82, 2.24) is 9.88 Å². The third-order valence-electron chi connectivity index (χ3n) is 7.62. The summed E-state index contributed by atoms with van der Waals surface area (Å²) in [5, 5.41) is 12.7. The second kappa shape index (κ2) is 9.17. The Labute approximate surface area is 191 Å². The van der Waals surface area contributed by atoms with E-state index in [0.29, 0.717) is 11.8 Å². The number of fused-ring (bicyclic) bond motifs is 3. The Balaban J connectivity index is 1.13. The Hall–Kier alpha value is -2.49. The van der Waals surface area contributed by atoms with Gasteiger partial charge in [-0.1, -0.05) is 54.6 Å². The average molecular weight is 427 g/mol. The molecule has 3 aliphatic carbocycles. The molecule has 3 atom stereocenters. The molecule has 1 heterocycles. The van der Waals surface area contributed by atoms with Gasteiger partial charge < -0.3 is 10.0 Å². The molecule has 0 aliphatic heterocycles. The second-order valence-corrected chi connectivity index (χ2v) is 9.87. The van der Waals surface area contributed by atoms with Crippen molar-refractivity contribution in [2.75, 3.05) is 20.1 Å². The number of pyridine rings is 1. The van der Waals surface area contributed by atoms with Gasteiger partial charge in [0.2, 0.25) is 0 Å². The molecule has 166 valence electrons. The molecule has 0 saturated heterocycles. The van der Waals surface area contributed by atoms with Crippen LogP contribution in [-0.4, -0.2) is 40.7 Å². The maximum atomic E-state index is 11.5. The van der Waals surface area contributed by atoms with Gasteiger partial charge in [-0.05, 0) is 86.9 Å². The van der Waals surface area contributed by atoms with E-state index >= 15 is 0 Å². The summed E-state index contributed by atoms with van der Waals surface area (Å²) >= 11 is 0. The van der Waals surface area contributed by atoms with Crippen molar-refractivity contribution >= 4 is 16.5 Å². The Kier molecular flexibility index (Phi) is 6.12. The highest BCUT2D eigenvalue weighted by molar-refractivity contribution is 5.78. The highest BCUT2D eigenvalue weighted by atomic mass is 16.3. The summed E-state index contributed by atoms with van der Waals surface area (Å²) in [5.74, 6) is 0.790. The highest BCUT2D eigenvalue weighted by Gasteiger charge is 2.46. The molecule has 2 bridgehead atoms. The number of allylic oxidation sites excluding steroid dienone is 1. The van der Waals surface area contributed by atoms with Gasteiger partial charge in [-0.25, -0.2) is 0 Å². The summed E-state index contributed by atoms with van der Waals surface area (Å²) < 4.78 is 0. The Morgan fingerprint density at radius 2 is 1.84 bits per heavy atom. The summed E-state index contributed by atoms with van der Waals surface area (Å²) in [6.07, 6.45) is 10.7. The van der Waals surface area contributed by atoms with Gasteiger partial charge in [0.05, 0.1) is 11.1 Å². The van der Waals surface area contributed by atoms with Crippen LogP contribution < -0.4 is 0 Å². The van der Waals surface area contributed by atoms with E-state index in [-0.39, 0.29) is 0 Å². The van der Waals surface area contributed by atoms with E-state index in [2.05, 4.69) is 77.6 Å². The van der Waals surface area contributed by atoms with Gasteiger partial charge in [0.25, 0.3) is 0 Å². The van der Waals surface area contributed by atoms with Crippen molar-refractivity contribution in [2.45, 2.75) is 44.1 Å². The summed E-state index contributed by atoms with van der Waals surface area (Å²) in [4.78, 5) is 6.97. The van der Waals surface area contributed by atoms with Crippen molar-refractivity contribution in [2.24, 2.45) is 11.8 Å². The van der Waals surface area contributed by atoms with Gasteiger partial charge in [-0.15, -0.1) is 0 Å². The van der Waals surface area contributed by atoms with Crippen LogP contribution in [0.1, 0.15) is 43.2 Å². The number of hydrogen-bond acceptors (Lipinski definition) is 3. The van der Waals surface area contributed by atoms with E-state index in [1.165, 1.54) is 28.5 Å². The number of aliphatic hydroxyl groups is 1. The van der Waals surface area contributed by atoms with Crippen LogP contribution in [0.25, 0.3) is 16.5 Å². The summed E-state index contributed by atoms with van der Waals surface area (Å²) in [5.41, 5.74) is 4.62. The first-order chi connectivity index (χ1) is 15.6. The van der Waals surface area contributed by atoms with Crippen molar-refractivity contribution in [3.8, 4) is 0 Å². The molecule has 6 rings (SSSR count). The van der Waals surface area contributed by atoms with Crippen LogP contribution in [0.15, 0.2) is 72.9 Å². The van der Waals surface area contributed by atoms with E-state index in [9.17, 15) is 5.11 Å². The van der Waals surface area contributed by atoms with Gasteiger partial charge in [0.1, 0.15) is 0 Å². The van der Waals surface area contributed by atoms with Gasteiger partial charge in [-0.2, -0.15) is 0 Å². The zero-order valence-corrected chi connectivity index (χ0v) is 19.1. The molecule has 0 spiro atoms. The molecule has 3 heteroatoms. The van der Waals surface area contributed by atoms with E-state index in [0.717, 1.165) is 50.7 Å². The SMILES string of the molecule is CN(CCCc1cnc2ccccc2c1)CCC1(O)CC2CCC1C=C2c1ccccc1. The molecule has 0 amide bonds. The average Bonchev–Trinajstić information content (AvgIpc) is 2.83. The van der Waals surface area contributed by atoms with E-state index in [4.69, 9.17) is 0 Å². The second-order valence-electron chi connectivity index (χ2n) is 9.87. The monoisotopic (exact) mass is 426 g/mol. The maximum absolute atomic E-state index is 11.5. The lowest BCUT2D eigenvalue weighted by Gasteiger charge is -2.48. The molecule has 2 aromatic carbocycles. The number of hydrogen-bond donors (Lipinski definition) is 1. The molecule has 1 N–H and O–H groups in total. The minimum atomic E-state index is -0.544. The van der Waals surface area contributed by atoms with Crippen molar-refractivity contribution in [1.29, 1.82) is 0 Å². The topological polar surface area (TPSA) is 36.4 Å². The standard InChI is InChI=1S/C29H34N2O/c1-31(16-7-8-22-18-24-11-5-6-12-28(24)30-21-22)17-15-29(32)20-25-13-14-26(29)19-27(25)23-9-3-2-4-10-23/h2-6,9-12,18-19,21,25-26,32H,7-8,13-17,20H2,1H3. The first-order valence-corrected chi connectivity index (χ1v) is 12.1. The number of para-hydroxylation sites is 1. The lowest BCUT2D eigenvalue weighted by atomic mass is 9.61. The third kappa shape index (κ3) is 4.51. The van der Waals surface area contributed by atoms with Crippen LogP contribution in [0.2, 0.25) is 0 Å². The van der Waals surface area contributed by atoms with Gasteiger partial charge >= 0.3 is 0 Å². The molecule has 0 radical (unpaired) electrons. The van der Waals surface area contributed by atoms with Crippen LogP contribution >= 0.6 is 0 Å². The van der Waals surface area contributed by atoms with E-state index < -0.39 is 5.60 Å². The molecular formula is C29H34N2O. The summed E-state index contributed by atoms with van der Waals surface area (Å²) in [6.45, 7) is 1.99. The minimum absolute atomic E-state index is 0.291. The van der Waals surface area contributed by atoms with Gasteiger partial charge in [0.15, 0.2) is 0 Å². The van der Waals surface area contributed by atoms with Crippen LogP contribution in [0.4, 0.5) is 0 Å². The Morgan fingerprint density at radius 3 is 2.66 bits per heavy atom. The molecular weight excluding hydrogens is 392 g/mol. The number of rotatable bonds is 8. The quantitative estimate of drug-likeness (QED) is 0.499. The predicted molar refractivity (Wildman–Crippen MR) is 132 cm³/mol. The molecule has 32 heavy (non-hydrogen) atoms. The predicted octanol–water partition coefficient (Wildman–Crippen LogP) is 5.73.